The third-order valence-electron chi connectivity index (χ3n) is 5.27. The maximum Gasteiger partial charge on any atom is 0.128 e. The molecule has 0 unspecified atom stereocenters. The number of H-pyrrole nitrogens is 1. The zero-order chi connectivity index (χ0) is 19.3. The minimum absolute atomic E-state index is 0.724. The quantitative estimate of drug-likeness (QED) is 0.404. The number of nitrogens with two attached hydrogens (primary N) is 1. The zero-order valence-corrected chi connectivity index (χ0v) is 16.2. The number of ether oxygens (including phenoxy) is 1. The number of fused-ring (bicyclic) bond motifs is 1. The Balaban J connectivity index is 1.88. The largest absolute Gasteiger partial charge is 0.496 e. The van der Waals surface area contributed by atoms with E-state index >= 15 is 0 Å². The molecular weight excluding hydrogens is 344 g/mol. The first kappa shape index (κ1) is 18.3. The smallest absolute Gasteiger partial charge is 0.128 e. The molecule has 0 fully saturated rings. The Morgan fingerprint density at radius 1 is 0.857 bits per heavy atom. The lowest BCUT2D eigenvalue weighted by molar-refractivity contribution is 0.416. The summed E-state index contributed by atoms with van der Waals surface area (Å²) in [5.41, 5.74) is 13.0. The van der Waals surface area contributed by atoms with Gasteiger partial charge in [-0.05, 0) is 66.8 Å². The SMILES string of the molecule is COc1ccccc1-c1[nH]c2ccc(-c3ccccc3)cc2c1CCCCN. The van der Waals surface area contributed by atoms with Gasteiger partial charge in [0.2, 0.25) is 0 Å². The summed E-state index contributed by atoms with van der Waals surface area (Å²) < 4.78 is 5.63. The van der Waals surface area contributed by atoms with Gasteiger partial charge >= 0.3 is 0 Å². The van der Waals surface area contributed by atoms with E-state index in [2.05, 4.69) is 65.6 Å². The molecule has 28 heavy (non-hydrogen) atoms. The number of aryl methyl sites for hydroxylation is 1. The number of benzene rings is 3. The van der Waals surface area contributed by atoms with E-state index < -0.39 is 0 Å². The highest BCUT2D eigenvalue weighted by Gasteiger charge is 2.16. The van der Waals surface area contributed by atoms with Gasteiger partial charge < -0.3 is 15.5 Å². The molecule has 0 spiro atoms. The molecule has 3 nitrogen and oxygen atoms in total. The van der Waals surface area contributed by atoms with Crippen molar-refractivity contribution >= 4 is 10.9 Å². The highest BCUT2D eigenvalue weighted by Crippen LogP contribution is 2.37. The van der Waals surface area contributed by atoms with Gasteiger partial charge in [-0.2, -0.15) is 0 Å². The van der Waals surface area contributed by atoms with Crippen LogP contribution < -0.4 is 10.5 Å². The first-order valence-corrected chi connectivity index (χ1v) is 9.85. The predicted molar refractivity (Wildman–Crippen MR) is 118 cm³/mol. The van der Waals surface area contributed by atoms with E-state index in [1.165, 1.54) is 22.1 Å². The van der Waals surface area contributed by atoms with Crippen LogP contribution in [0.5, 0.6) is 5.75 Å². The summed E-state index contributed by atoms with van der Waals surface area (Å²) in [7, 11) is 1.73. The van der Waals surface area contributed by atoms with E-state index in [4.69, 9.17) is 10.5 Å². The number of nitrogens with one attached hydrogen (secondary N) is 1. The van der Waals surface area contributed by atoms with Gasteiger partial charge in [0, 0.05) is 16.5 Å². The van der Waals surface area contributed by atoms with Crippen LogP contribution in [0.3, 0.4) is 0 Å². The Kier molecular flexibility index (Phi) is 5.45. The highest BCUT2D eigenvalue weighted by atomic mass is 16.5. The standard InChI is InChI=1S/C25H26N2O/c1-28-24-13-6-5-12-21(24)25-20(11-7-8-16-26)22-17-19(14-15-23(22)27-25)18-9-3-2-4-10-18/h2-6,9-10,12-15,17,27H,7-8,11,16,26H2,1H3. The summed E-state index contributed by atoms with van der Waals surface area (Å²) in [4.78, 5) is 3.65. The van der Waals surface area contributed by atoms with Gasteiger partial charge in [-0.15, -0.1) is 0 Å². The number of hydrogen-bond donors (Lipinski definition) is 2. The Morgan fingerprint density at radius 2 is 1.64 bits per heavy atom. The fourth-order valence-corrected chi connectivity index (χ4v) is 3.84. The average molecular weight is 370 g/mol. The summed E-state index contributed by atoms with van der Waals surface area (Å²) in [5, 5.41) is 1.28. The second kappa shape index (κ2) is 8.32. The third-order valence-corrected chi connectivity index (χ3v) is 5.27. The van der Waals surface area contributed by atoms with E-state index in [1.807, 2.05) is 12.1 Å². The van der Waals surface area contributed by atoms with Gasteiger partial charge in [-0.1, -0.05) is 48.5 Å². The maximum atomic E-state index is 5.75. The zero-order valence-electron chi connectivity index (χ0n) is 16.2. The lowest BCUT2D eigenvalue weighted by Gasteiger charge is -2.10. The minimum atomic E-state index is 0.724. The van der Waals surface area contributed by atoms with Gasteiger partial charge in [-0.3, -0.25) is 0 Å². The molecule has 0 aliphatic rings. The van der Waals surface area contributed by atoms with Crippen molar-refractivity contribution in [2.45, 2.75) is 19.3 Å². The summed E-state index contributed by atoms with van der Waals surface area (Å²) in [6, 6.07) is 25.4. The van der Waals surface area contributed by atoms with E-state index in [1.54, 1.807) is 7.11 Å². The van der Waals surface area contributed by atoms with Crippen molar-refractivity contribution in [3.05, 3.63) is 78.4 Å². The highest BCUT2D eigenvalue weighted by molar-refractivity contribution is 5.94. The van der Waals surface area contributed by atoms with Gasteiger partial charge in [0.1, 0.15) is 5.75 Å². The summed E-state index contributed by atoms with van der Waals surface area (Å²) in [5.74, 6) is 0.886. The van der Waals surface area contributed by atoms with Crippen LogP contribution in [0.25, 0.3) is 33.3 Å². The second-order valence-corrected chi connectivity index (χ2v) is 7.05. The van der Waals surface area contributed by atoms with Crippen molar-refractivity contribution < 1.29 is 4.74 Å². The van der Waals surface area contributed by atoms with Crippen molar-refractivity contribution in [3.63, 3.8) is 0 Å². The van der Waals surface area contributed by atoms with E-state index in [0.29, 0.717) is 0 Å². The molecule has 0 atom stereocenters. The van der Waals surface area contributed by atoms with Crippen LogP contribution >= 0.6 is 0 Å². The van der Waals surface area contributed by atoms with Crippen LogP contribution in [0.1, 0.15) is 18.4 Å². The molecule has 3 aromatic carbocycles. The average Bonchev–Trinajstić information content (AvgIpc) is 3.12. The molecule has 3 heteroatoms. The van der Waals surface area contributed by atoms with Crippen molar-refractivity contribution in [1.29, 1.82) is 0 Å². The number of aromatic amines is 1. The van der Waals surface area contributed by atoms with Gasteiger partial charge in [0.15, 0.2) is 0 Å². The van der Waals surface area contributed by atoms with Crippen molar-refractivity contribution in [2.75, 3.05) is 13.7 Å². The molecule has 0 saturated carbocycles. The summed E-state index contributed by atoms with van der Waals surface area (Å²) in [6.45, 7) is 0.724. The number of aromatic nitrogens is 1. The number of para-hydroxylation sites is 1. The number of methoxy groups -OCH3 is 1. The summed E-state index contributed by atoms with van der Waals surface area (Å²) >= 11 is 0. The van der Waals surface area contributed by atoms with Crippen LogP contribution in [0.2, 0.25) is 0 Å². The minimum Gasteiger partial charge on any atom is -0.496 e. The monoisotopic (exact) mass is 370 g/mol. The molecule has 0 bridgehead atoms. The topological polar surface area (TPSA) is 51.0 Å². The summed E-state index contributed by atoms with van der Waals surface area (Å²) in [6.07, 6.45) is 3.08. The molecule has 1 heterocycles. The van der Waals surface area contributed by atoms with Gasteiger partial charge in [0.05, 0.1) is 12.8 Å². The normalized spacial score (nSPS) is 11.1. The molecule has 4 rings (SSSR count). The Morgan fingerprint density at radius 3 is 2.43 bits per heavy atom. The van der Waals surface area contributed by atoms with Gasteiger partial charge in [0.25, 0.3) is 0 Å². The Labute approximate surface area is 166 Å². The Bertz CT molecular complexity index is 1070. The van der Waals surface area contributed by atoms with Crippen LogP contribution in [-0.2, 0) is 6.42 Å². The molecule has 0 aliphatic heterocycles. The molecule has 0 aliphatic carbocycles. The molecule has 0 radical (unpaired) electrons. The Hall–Kier alpha value is -3.04. The fourth-order valence-electron chi connectivity index (χ4n) is 3.84. The van der Waals surface area contributed by atoms with Crippen molar-refractivity contribution in [2.24, 2.45) is 5.73 Å². The fraction of sp³-hybridized carbons (Fsp3) is 0.200. The molecule has 4 aromatic rings. The molecular formula is C25H26N2O. The van der Waals surface area contributed by atoms with E-state index in [9.17, 15) is 0 Å². The molecule has 0 saturated heterocycles. The van der Waals surface area contributed by atoms with Crippen molar-refractivity contribution in [3.8, 4) is 28.1 Å². The molecule has 0 amide bonds. The third kappa shape index (κ3) is 3.54. The predicted octanol–water partition coefficient (Wildman–Crippen LogP) is 5.79. The first-order chi connectivity index (χ1) is 13.8. The van der Waals surface area contributed by atoms with Crippen LogP contribution in [0.4, 0.5) is 0 Å². The number of unbranched alkanes of at least 4 members (excludes halogenated alkanes) is 1. The molecule has 3 N–H and O–H groups in total. The first-order valence-electron chi connectivity index (χ1n) is 9.85. The van der Waals surface area contributed by atoms with Gasteiger partial charge in [-0.25, -0.2) is 0 Å². The number of rotatable bonds is 7. The lowest BCUT2D eigenvalue weighted by Crippen LogP contribution is -1.99. The van der Waals surface area contributed by atoms with Crippen molar-refractivity contribution in [1.82, 2.24) is 4.98 Å². The lowest BCUT2D eigenvalue weighted by atomic mass is 9.97. The van der Waals surface area contributed by atoms with Crippen LogP contribution in [0.15, 0.2) is 72.8 Å². The second-order valence-electron chi connectivity index (χ2n) is 7.05. The maximum absolute atomic E-state index is 5.75. The van der Waals surface area contributed by atoms with E-state index in [-0.39, 0.29) is 0 Å². The molecule has 142 valence electrons. The molecule has 1 aromatic heterocycles. The van der Waals surface area contributed by atoms with Crippen LogP contribution in [-0.4, -0.2) is 18.6 Å². The number of hydrogen-bond acceptors (Lipinski definition) is 2. The van der Waals surface area contributed by atoms with Crippen LogP contribution in [0, 0.1) is 0 Å². The van der Waals surface area contributed by atoms with E-state index in [0.717, 1.165) is 48.3 Å².